The Kier molecular flexibility index (Phi) is 5.32. The molecule has 0 unspecified atom stereocenters. The molecule has 0 spiro atoms. The molecule has 1 aliphatic heterocycles. The SMILES string of the molecule is CC(C)(C)OC(=O)N1CCC(c2cc3c(-c4cc(N)ncc4Cl)ccnc3[nH]2)CC1. The zero-order chi connectivity index (χ0) is 21.5. The number of nitrogens with zero attached hydrogens (tertiary/aromatic N) is 3. The Balaban J connectivity index is 1.56. The number of pyridine rings is 2. The first kappa shape index (κ1) is 20.5. The van der Waals surface area contributed by atoms with Gasteiger partial charge in [0.25, 0.3) is 0 Å². The number of amides is 1. The second-order valence-electron chi connectivity index (χ2n) is 8.68. The molecule has 8 heteroatoms. The number of H-pyrrole nitrogens is 1. The third-order valence-corrected chi connectivity index (χ3v) is 5.61. The van der Waals surface area contributed by atoms with Crippen LogP contribution in [0.1, 0.15) is 45.2 Å². The summed E-state index contributed by atoms with van der Waals surface area (Å²) in [7, 11) is 0. The standard InChI is InChI=1S/C22H26ClN5O2/c1-22(2,3)30-21(29)28-8-5-13(6-9-28)18-10-16-14(4-7-25-20(16)27-18)15-11-19(24)26-12-17(15)23/h4,7,10-13H,5-6,8-9H2,1-3H3,(H2,24,26)(H,25,27). The minimum absolute atomic E-state index is 0.244. The number of piperidine rings is 1. The second kappa shape index (κ2) is 7.80. The Morgan fingerprint density at radius 3 is 2.67 bits per heavy atom. The van der Waals surface area contributed by atoms with Gasteiger partial charge in [-0.1, -0.05) is 11.6 Å². The van der Waals surface area contributed by atoms with Crippen LogP contribution >= 0.6 is 11.6 Å². The monoisotopic (exact) mass is 427 g/mol. The average molecular weight is 428 g/mol. The van der Waals surface area contributed by atoms with Crippen LogP contribution < -0.4 is 5.73 Å². The van der Waals surface area contributed by atoms with Crippen molar-refractivity contribution in [3.8, 4) is 11.1 Å². The number of ether oxygens (including phenoxy) is 1. The first-order valence-corrected chi connectivity index (χ1v) is 10.5. The lowest BCUT2D eigenvalue weighted by atomic mass is 9.93. The van der Waals surface area contributed by atoms with E-state index in [9.17, 15) is 4.79 Å². The van der Waals surface area contributed by atoms with Crippen LogP contribution in [0, 0.1) is 0 Å². The molecule has 0 saturated carbocycles. The van der Waals surface area contributed by atoms with Gasteiger partial charge in [0.1, 0.15) is 17.1 Å². The van der Waals surface area contributed by atoms with Crippen molar-refractivity contribution in [3.63, 3.8) is 0 Å². The van der Waals surface area contributed by atoms with Gasteiger partial charge >= 0.3 is 6.09 Å². The number of nitrogen functional groups attached to an aromatic ring is 1. The Hall–Kier alpha value is -2.80. The van der Waals surface area contributed by atoms with Crippen LogP contribution in [0.3, 0.4) is 0 Å². The molecule has 0 radical (unpaired) electrons. The fraction of sp³-hybridized carbons (Fsp3) is 0.409. The smallest absolute Gasteiger partial charge is 0.410 e. The quantitative estimate of drug-likeness (QED) is 0.601. The summed E-state index contributed by atoms with van der Waals surface area (Å²) < 4.78 is 5.49. The number of likely N-dealkylation sites (tertiary alicyclic amines) is 1. The van der Waals surface area contributed by atoms with Crippen molar-refractivity contribution < 1.29 is 9.53 Å². The number of anilines is 1. The summed E-state index contributed by atoms with van der Waals surface area (Å²) in [4.78, 5) is 26.1. The van der Waals surface area contributed by atoms with Crippen LogP contribution in [0.5, 0.6) is 0 Å². The number of nitrogens with one attached hydrogen (secondary N) is 1. The first-order chi connectivity index (χ1) is 14.2. The summed E-state index contributed by atoms with van der Waals surface area (Å²) in [6.07, 6.45) is 4.81. The van der Waals surface area contributed by atoms with Gasteiger partial charge in [-0.15, -0.1) is 0 Å². The number of hydrogen-bond acceptors (Lipinski definition) is 5. The van der Waals surface area contributed by atoms with E-state index in [2.05, 4.69) is 21.0 Å². The molecule has 4 heterocycles. The molecule has 4 rings (SSSR count). The van der Waals surface area contributed by atoms with Crippen molar-refractivity contribution in [2.24, 2.45) is 0 Å². The lowest BCUT2D eigenvalue weighted by Gasteiger charge is -2.33. The fourth-order valence-corrected chi connectivity index (χ4v) is 4.07. The number of aromatic nitrogens is 3. The maximum absolute atomic E-state index is 12.3. The van der Waals surface area contributed by atoms with E-state index in [1.54, 1.807) is 23.4 Å². The number of aromatic amines is 1. The number of rotatable bonds is 2. The molecular weight excluding hydrogens is 402 g/mol. The molecule has 7 nitrogen and oxygen atoms in total. The summed E-state index contributed by atoms with van der Waals surface area (Å²) in [5.41, 5.74) is 9.12. The van der Waals surface area contributed by atoms with Crippen LogP contribution in [0.4, 0.5) is 10.6 Å². The second-order valence-corrected chi connectivity index (χ2v) is 9.08. The highest BCUT2D eigenvalue weighted by molar-refractivity contribution is 6.33. The van der Waals surface area contributed by atoms with Crippen molar-refractivity contribution in [2.75, 3.05) is 18.8 Å². The molecule has 1 saturated heterocycles. The largest absolute Gasteiger partial charge is 0.444 e. The number of carbonyl (C=O) groups is 1. The van der Waals surface area contributed by atoms with Crippen LogP contribution in [0.25, 0.3) is 22.2 Å². The predicted octanol–water partition coefficient (Wildman–Crippen LogP) is 4.98. The van der Waals surface area contributed by atoms with Crippen molar-refractivity contribution >= 4 is 34.5 Å². The third kappa shape index (κ3) is 4.21. The Morgan fingerprint density at radius 2 is 1.97 bits per heavy atom. The zero-order valence-corrected chi connectivity index (χ0v) is 18.2. The molecule has 1 aliphatic rings. The van der Waals surface area contributed by atoms with Crippen molar-refractivity contribution in [1.29, 1.82) is 0 Å². The van der Waals surface area contributed by atoms with Crippen LogP contribution in [0.2, 0.25) is 5.02 Å². The van der Waals surface area contributed by atoms with E-state index in [1.165, 1.54) is 0 Å². The van der Waals surface area contributed by atoms with Crippen molar-refractivity contribution in [2.45, 2.75) is 45.1 Å². The maximum Gasteiger partial charge on any atom is 0.410 e. The minimum Gasteiger partial charge on any atom is -0.444 e. The number of hydrogen-bond donors (Lipinski definition) is 2. The molecule has 0 aromatic carbocycles. The van der Waals surface area contributed by atoms with E-state index >= 15 is 0 Å². The van der Waals surface area contributed by atoms with E-state index in [4.69, 9.17) is 22.1 Å². The van der Waals surface area contributed by atoms with Gasteiger partial charge in [0.15, 0.2) is 0 Å². The molecule has 0 bridgehead atoms. The number of nitrogens with two attached hydrogens (primary N) is 1. The zero-order valence-electron chi connectivity index (χ0n) is 17.4. The van der Waals surface area contributed by atoms with E-state index in [-0.39, 0.29) is 6.09 Å². The molecule has 30 heavy (non-hydrogen) atoms. The molecule has 3 aromatic heterocycles. The lowest BCUT2D eigenvalue weighted by Crippen LogP contribution is -2.41. The highest BCUT2D eigenvalue weighted by Gasteiger charge is 2.28. The first-order valence-electron chi connectivity index (χ1n) is 10.1. The molecule has 3 aromatic rings. The fourth-order valence-electron chi connectivity index (χ4n) is 3.86. The Morgan fingerprint density at radius 1 is 1.23 bits per heavy atom. The molecule has 1 fully saturated rings. The highest BCUT2D eigenvalue weighted by Crippen LogP contribution is 2.36. The molecular formula is C22H26ClN5O2. The van der Waals surface area contributed by atoms with E-state index < -0.39 is 5.60 Å². The summed E-state index contributed by atoms with van der Waals surface area (Å²) in [6.45, 7) is 6.99. The molecule has 0 atom stereocenters. The summed E-state index contributed by atoms with van der Waals surface area (Å²) >= 11 is 6.38. The third-order valence-electron chi connectivity index (χ3n) is 5.31. The Labute approximate surface area is 180 Å². The lowest BCUT2D eigenvalue weighted by molar-refractivity contribution is 0.0204. The van der Waals surface area contributed by atoms with Gasteiger partial charge in [0, 0.05) is 48.0 Å². The highest BCUT2D eigenvalue weighted by atomic mass is 35.5. The van der Waals surface area contributed by atoms with Crippen LogP contribution in [-0.2, 0) is 4.74 Å². The van der Waals surface area contributed by atoms with Gasteiger partial charge in [0.05, 0.1) is 5.02 Å². The molecule has 158 valence electrons. The van der Waals surface area contributed by atoms with Crippen molar-refractivity contribution in [3.05, 3.63) is 41.3 Å². The topological polar surface area (TPSA) is 97.1 Å². The van der Waals surface area contributed by atoms with Crippen molar-refractivity contribution in [1.82, 2.24) is 19.9 Å². The average Bonchev–Trinajstić information content (AvgIpc) is 3.13. The summed E-state index contributed by atoms with van der Waals surface area (Å²) in [6, 6.07) is 5.85. The summed E-state index contributed by atoms with van der Waals surface area (Å²) in [5, 5.41) is 1.54. The predicted molar refractivity (Wildman–Crippen MR) is 119 cm³/mol. The number of fused-ring (bicyclic) bond motifs is 1. The maximum atomic E-state index is 12.3. The van der Waals surface area contributed by atoms with E-state index in [0.717, 1.165) is 40.7 Å². The molecule has 1 amide bonds. The Bertz CT molecular complexity index is 1080. The van der Waals surface area contributed by atoms with Gasteiger partial charge in [-0.25, -0.2) is 14.8 Å². The van der Waals surface area contributed by atoms with Crippen LogP contribution in [0.15, 0.2) is 30.6 Å². The van der Waals surface area contributed by atoms with Gasteiger partial charge < -0.3 is 20.4 Å². The molecule has 0 aliphatic carbocycles. The van der Waals surface area contributed by atoms with Gasteiger partial charge in [-0.3, -0.25) is 0 Å². The van der Waals surface area contributed by atoms with Gasteiger partial charge in [-0.2, -0.15) is 0 Å². The van der Waals surface area contributed by atoms with E-state index in [0.29, 0.717) is 29.8 Å². The minimum atomic E-state index is -0.481. The summed E-state index contributed by atoms with van der Waals surface area (Å²) in [5.74, 6) is 0.744. The van der Waals surface area contributed by atoms with Crippen LogP contribution in [-0.4, -0.2) is 44.6 Å². The molecule has 3 N–H and O–H groups in total. The van der Waals surface area contributed by atoms with E-state index in [1.807, 2.05) is 26.8 Å². The number of carbonyl (C=O) groups excluding carboxylic acids is 1. The van der Waals surface area contributed by atoms with Gasteiger partial charge in [-0.05, 0) is 57.4 Å². The normalized spacial score (nSPS) is 15.5. The van der Waals surface area contributed by atoms with Gasteiger partial charge in [0.2, 0.25) is 0 Å². The number of halogens is 1.